The van der Waals surface area contributed by atoms with Crippen molar-refractivity contribution < 1.29 is 0 Å². The molecule has 3 aromatic rings. The predicted molar refractivity (Wildman–Crippen MR) is 113 cm³/mol. The predicted octanol–water partition coefficient (Wildman–Crippen LogP) is 4.69. The Balaban J connectivity index is 1.34. The van der Waals surface area contributed by atoms with E-state index < -0.39 is 0 Å². The molecule has 1 aliphatic heterocycles. The van der Waals surface area contributed by atoms with Gasteiger partial charge in [-0.3, -0.25) is 4.90 Å². The van der Waals surface area contributed by atoms with Gasteiger partial charge in [-0.2, -0.15) is 0 Å². The van der Waals surface area contributed by atoms with Crippen LogP contribution in [-0.2, 0) is 6.42 Å². The number of hydrogen-bond acceptors (Lipinski definition) is 4. The molecule has 1 saturated heterocycles. The van der Waals surface area contributed by atoms with Crippen molar-refractivity contribution in [2.45, 2.75) is 13.3 Å². The highest BCUT2D eigenvalue weighted by Gasteiger charge is 2.19. The molecule has 0 aliphatic carbocycles. The number of fused-ring (bicyclic) bond motifs is 1. The zero-order valence-corrected chi connectivity index (χ0v) is 16.1. The number of piperazine rings is 1. The highest BCUT2D eigenvalue weighted by atomic mass is 32.1. The van der Waals surface area contributed by atoms with Crippen LogP contribution in [0.25, 0.3) is 16.3 Å². The second kappa shape index (κ2) is 8.02. The fourth-order valence-electron chi connectivity index (χ4n) is 3.34. The molecule has 4 rings (SSSR count). The van der Waals surface area contributed by atoms with Crippen LogP contribution in [0, 0.1) is 0 Å². The molecule has 0 amide bonds. The van der Waals surface area contributed by atoms with Gasteiger partial charge in [0, 0.05) is 32.7 Å². The first-order valence-electron chi connectivity index (χ1n) is 9.40. The maximum atomic E-state index is 4.85. The minimum atomic E-state index is 1.02. The van der Waals surface area contributed by atoms with Crippen LogP contribution in [0.4, 0.5) is 5.13 Å². The van der Waals surface area contributed by atoms with Crippen molar-refractivity contribution in [3.05, 3.63) is 65.7 Å². The zero-order valence-electron chi connectivity index (χ0n) is 15.3. The van der Waals surface area contributed by atoms with E-state index in [-0.39, 0.29) is 0 Å². The van der Waals surface area contributed by atoms with E-state index in [0.29, 0.717) is 0 Å². The summed E-state index contributed by atoms with van der Waals surface area (Å²) >= 11 is 1.83. The van der Waals surface area contributed by atoms with E-state index in [1.807, 2.05) is 11.3 Å². The van der Waals surface area contributed by atoms with Gasteiger partial charge in [-0.15, -0.1) is 0 Å². The van der Waals surface area contributed by atoms with Gasteiger partial charge in [0.2, 0.25) is 0 Å². The smallest absolute Gasteiger partial charge is 0.186 e. The Hall–Kier alpha value is -2.17. The number of aromatic nitrogens is 1. The summed E-state index contributed by atoms with van der Waals surface area (Å²) < 4.78 is 1.31. The highest BCUT2D eigenvalue weighted by molar-refractivity contribution is 7.22. The summed E-state index contributed by atoms with van der Waals surface area (Å²) in [4.78, 5) is 9.80. The molecule has 26 heavy (non-hydrogen) atoms. The van der Waals surface area contributed by atoms with Gasteiger partial charge in [0.1, 0.15) is 0 Å². The molecule has 4 heteroatoms. The highest BCUT2D eigenvalue weighted by Crippen LogP contribution is 2.30. The normalized spacial score (nSPS) is 16.0. The third-order valence-corrected chi connectivity index (χ3v) is 6.05. The lowest BCUT2D eigenvalue weighted by molar-refractivity contribution is 0.284. The fourth-order valence-corrected chi connectivity index (χ4v) is 4.42. The number of nitrogens with zero attached hydrogens (tertiary/aromatic N) is 3. The Labute approximate surface area is 159 Å². The first kappa shape index (κ1) is 17.3. The lowest BCUT2D eigenvalue weighted by Crippen LogP contribution is -2.46. The summed E-state index contributed by atoms with van der Waals surface area (Å²) in [6.07, 6.45) is 5.57. The quantitative estimate of drug-likeness (QED) is 0.655. The Bertz CT molecular complexity index is 877. The summed E-state index contributed by atoms with van der Waals surface area (Å²) in [6.45, 7) is 7.51. The van der Waals surface area contributed by atoms with Gasteiger partial charge in [0.05, 0.1) is 10.2 Å². The Kier molecular flexibility index (Phi) is 5.32. The molecule has 1 aliphatic rings. The Morgan fingerprint density at radius 1 is 1.04 bits per heavy atom. The molecule has 0 bridgehead atoms. The van der Waals surface area contributed by atoms with E-state index in [2.05, 4.69) is 77.4 Å². The zero-order chi connectivity index (χ0) is 17.8. The van der Waals surface area contributed by atoms with Crippen LogP contribution in [0.15, 0.2) is 54.6 Å². The number of thiazole rings is 1. The summed E-state index contributed by atoms with van der Waals surface area (Å²) in [6, 6.07) is 17.2. The number of rotatable bonds is 5. The summed E-state index contributed by atoms with van der Waals surface area (Å²) in [5, 5.41) is 1.17. The maximum Gasteiger partial charge on any atom is 0.186 e. The van der Waals surface area contributed by atoms with Gasteiger partial charge in [-0.05, 0) is 29.7 Å². The molecular formula is C22H25N3S. The van der Waals surface area contributed by atoms with Gasteiger partial charge in [0.25, 0.3) is 0 Å². The molecule has 2 aromatic carbocycles. The van der Waals surface area contributed by atoms with Crippen LogP contribution in [0.3, 0.4) is 0 Å². The van der Waals surface area contributed by atoms with Crippen molar-refractivity contribution in [2.75, 3.05) is 37.6 Å². The van der Waals surface area contributed by atoms with E-state index in [4.69, 9.17) is 4.98 Å². The standard InChI is InChI=1S/C22H25N3S/c1-2-18-10-11-20-21(17-18)26-22(23-20)25-15-13-24(14-16-25)12-6-9-19-7-4-3-5-8-19/h3-11,17H,2,12-16H2,1H3/b9-6+. The van der Waals surface area contributed by atoms with Crippen LogP contribution in [0.1, 0.15) is 18.1 Å². The molecule has 0 radical (unpaired) electrons. The molecular weight excluding hydrogens is 338 g/mol. The van der Waals surface area contributed by atoms with Gasteiger partial charge >= 0.3 is 0 Å². The molecule has 0 unspecified atom stereocenters. The van der Waals surface area contributed by atoms with Gasteiger partial charge < -0.3 is 4.90 Å². The first-order chi connectivity index (χ1) is 12.8. The Morgan fingerprint density at radius 3 is 2.62 bits per heavy atom. The van der Waals surface area contributed by atoms with Gasteiger partial charge in [-0.25, -0.2) is 4.98 Å². The second-order valence-electron chi connectivity index (χ2n) is 6.75. The van der Waals surface area contributed by atoms with Crippen molar-refractivity contribution in [1.29, 1.82) is 0 Å². The lowest BCUT2D eigenvalue weighted by atomic mass is 10.2. The minimum absolute atomic E-state index is 1.02. The first-order valence-corrected chi connectivity index (χ1v) is 10.2. The van der Waals surface area contributed by atoms with Crippen LogP contribution in [0.5, 0.6) is 0 Å². The summed E-state index contributed by atoms with van der Waals surface area (Å²) in [5.41, 5.74) is 3.80. The fraction of sp³-hybridized carbons (Fsp3) is 0.318. The molecule has 134 valence electrons. The third-order valence-electron chi connectivity index (χ3n) is 4.97. The summed E-state index contributed by atoms with van der Waals surface area (Å²) in [7, 11) is 0. The average molecular weight is 364 g/mol. The van der Waals surface area contributed by atoms with E-state index in [9.17, 15) is 0 Å². The molecule has 0 atom stereocenters. The van der Waals surface area contributed by atoms with E-state index >= 15 is 0 Å². The molecule has 1 fully saturated rings. The van der Waals surface area contributed by atoms with E-state index in [1.54, 1.807) is 0 Å². The van der Waals surface area contributed by atoms with Crippen LogP contribution < -0.4 is 4.90 Å². The molecule has 2 heterocycles. The van der Waals surface area contributed by atoms with Crippen molar-refractivity contribution >= 4 is 32.8 Å². The topological polar surface area (TPSA) is 19.4 Å². The van der Waals surface area contributed by atoms with Crippen LogP contribution >= 0.6 is 11.3 Å². The number of aryl methyl sites for hydroxylation is 1. The largest absolute Gasteiger partial charge is 0.345 e. The van der Waals surface area contributed by atoms with E-state index in [0.717, 1.165) is 44.7 Å². The number of benzene rings is 2. The molecule has 3 nitrogen and oxygen atoms in total. The van der Waals surface area contributed by atoms with Gasteiger partial charge in [-0.1, -0.05) is 66.8 Å². The average Bonchev–Trinajstić information content (AvgIpc) is 3.12. The third kappa shape index (κ3) is 3.97. The number of anilines is 1. The van der Waals surface area contributed by atoms with Crippen LogP contribution in [0.2, 0.25) is 0 Å². The molecule has 0 spiro atoms. The molecule has 1 aromatic heterocycles. The second-order valence-corrected chi connectivity index (χ2v) is 7.76. The van der Waals surface area contributed by atoms with Crippen molar-refractivity contribution in [1.82, 2.24) is 9.88 Å². The van der Waals surface area contributed by atoms with Crippen LogP contribution in [-0.4, -0.2) is 42.6 Å². The van der Waals surface area contributed by atoms with Crippen molar-refractivity contribution in [2.24, 2.45) is 0 Å². The lowest BCUT2D eigenvalue weighted by Gasteiger charge is -2.33. The molecule has 0 saturated carbocycles. The molecule has 0 N–H and O–H groups in total. The maximum absolute atomic E-state index is 4.85. The minimum Gasteiger partial charge on any atom is -0.345 e. The monoisotopic (exact) mass is 363 g/mol. The van der Waals surface area contributed by atoms with Crippen molar-refractivity contribution in [3.63, 3.8) is 0 Å². The van der Waals surface area contributed by atoms with Crippen molar-refractivity contribution in [3.8, 4) is 0 Å². The Morgan fingerprint density at radius 2 is 1.85 bits per heavy atom. The SMILES string of the molecule is CCc1ccc2nc(N3CCN(C/C=C/c4ccccc4)CC3)sc2c1. The van der Waals surface area contributed by atoms with Gasteiger partial charge in [0.15, 0.2) is 5.13 Å². The van der Waals surface area contributed by atoms with E-state index in [1.165, 1.54) is 21.0 Å². The number of hydrogen-bond donors (Lipinski definition) is 0. The summed E-state index contributed by atoms with van der Waals surface area (Å²) in [5.74, 6) is 0.